The summed E-state index contributed by atoms with van der Waals surface area (Å²) in [5, 5.41) is 12.7. The van der Waals surface area contributed by atoms with Crippen LogP contribution in [-0.2, 0) is 0 Å². The molecule has 2 atom stereocenters. The third-order valence-corrected chi connectivity index (χ3v) is 3.54. The van der Waals surface area contributed by atoms with Crippen LogP contribution in [0.2, 0.25) is 0 Å². The van der Waals surface area contributed by atoms with Gasteiger partial charge in [0, 0.05) is 23.7 Å². The molecule has 0 heterocycles. The number of hydrogen-bond acceptors (Lipinski definition) is 3. The molecule has 1 aromatic carbocycles. The number of amides is 1. The van der Waals surface area contributed by atoms with E-state index in [1.165, 1.54) is 0 Å². The summed E-state index contributed by atoms with van der Waals surface area (Å²) in [7, 11) is 0. The summed E-state index contributed by atoms with van der Waals surface area (Å²) >= 11 is 0. The van der Waals surface area contributed by atoms with Crippen LogP contribution in [0, 0.1) is 5.92 Å². The number of anilines is 1. The fraction of sp³-hybridized carbons (Fsp3) is 0.500. The third-order valence-electron chi connectivity index (χ3n) is 3.54. The van der Waals surface area contributed by atoms with Gasteiger partial charge in [-0.2, -0.15) is 0 Å². The molecule has 18 heavy (non-hydrogen) atoms. The van der Waals surface area contributed by atoms with E-state index in [0.29, 0.717) is 17.8 Å². The molecule has 1 aliphatic carbocycles. The summed E-state index contributed by atoms with van der Waals surface area (Å²) in [4.78, 5) is 11.9. The summed E-state index contributed by atoms with van der Waals surface area (Å²) < 4.78 is 0. The minimum absolute atomic E-state index is 0.125. The summed E-state index contributed by atoms with van der Waals surface area (Å²) in [6.07, 6.45) is 3.77. The molecule has 98 valence electrons. The van der Waals surface area contributed by atoms with Gasteiger partial charge in [0.25, 0.3) is 5.91 Å². The Kier molecular flexibility index (Phi) is 4.20. The van der Waals surface area contributed by atoms with Gasteiger partial charge in [0.1, 0.15) is 0 Å². The van der Waals surface area contributed by atoms with Crippen LogP contribution >= 0.6 is 0 Å². The lowest BCUT2D eigenvalue weighted by Gasteiger charge is -2.27. The second kappa shape index (κ2) is 5.87. The van der Waals surface area contributed by atoms with Crippen LogP contribution in [0.25, 0.3) is 0 Å². The minimum atomic E-state index is -0.278. The van der Waals surface area contributed by atoms with E-state index in [1.54, 1.807) is 24.3 Å². The first-order chi connectivity index (χ1) is 8.66. The SMILES string of the molecule is Nc1cccc(C(=O)NCC2CCCCC2O)c1. The molecule has 4 heteroatoms. The molecule has 0 bridgehead atoms. The van der Waals surface area contributed by atoms with E-state index in [4.69, 9.17) is 5.73 Å². The van der Waals surface area contributed by atoms with Crippen LogP contribution in [0.15, 0.2) is 24.3 Å². The Hall–Kier alpha value is -1.55. The molecule has 4 N–H and O–H groups in total. The summed E-state index contributed by atoms with van der Waals surface area (Å²) in [6.45, 7) is 0.537. The molecule has 0 aromatic heterocycles. The standard InChI is InChI=1S/C14H20N2O2/c15-12-6-3-5-10(8-12)14(18)16-9-11-4-1-2-7-13(11)17/h3,5-6,8,11,13,17H,1-2,4,7,9,15H2,(H,16,18). The maximum atomic E-state index is 11.9. The number of nitrogens with one attached hydrogen (secondary N) is 1. The lowest BCUT2D eigenvalue weighted by atomic mass is 9.86. The van der Waals surface area contributed by atoms with E-state index < -0.39 is 0 Å². The highest BCUT2D eigenvalue weighted by Crippen LogP contribution is 2.23. The van der Waals surface area contributed by atoms with Crippen molar-refractivity contribution in [2.24, 2.45) is 5.92 Å². The Morgan fingerprint density at radius 3 is 2.89 bits per heavy atom. The summed E-state index contributed by atoms with van der Waals surface area (Å²) in [5.74, 6) is 0.0591. The number of aliphatic hydroxyl groups is 1. The Bertz CT molecular complexity index is 420. The average molecular weight is 248 g/mol. The highest BCUT2D eigenvalue weighted by Gasteiger charge is 2.23. The van der Waals surface area contributed by atoms with Crippen molar-refractivity contribution >= 4 is 11.6 Å². The smallest absolute Gasteiger partial charge is 0.251 e. The Morgan fingerprint density at radius 1 is 1.39 bits per heavy atom. The van der Waals surface area contributed by atoms with E-state index >= 15 is 0 Å². The number of nitrogen functional groups attached to an aromatic ring is 1. The topological polar surface area (TPSA) is 75.4 Å². The Morgan fingerprint density at radius 2 is 2.17 bits per heavy atom. The molecule has 0 aliphatic heterocycles. The van der Waals surface area contributed by atoms with E-state index in [9.17, 15) is 9.90 Å². The second-order valence-corrected chi connectivity index (χ2v) is 4.95. The molecule has 0 saturated heterocycles. The molecule has 1 aliphatic rings. The number of carbonyl (C=O) groups excluding carboxylic acids is 1. The zero-order valence-corrected chi connectivity index (χ0v) is 10.4. The van der Waals surface area contributed by atoms with Gasteiger partial charge in [0.05, 0.1) is 6.10 Å². The zero-order valence-electron chi connectivity index (χ0n) is 10.4. The molecular weight excluding hydrogens is 228 g/mol. The molecule has 1 amide bonds. The molecule has 2 unspecified atom stereocenters. The first kappa shape index (κ1) is 12.9. The van der Waals surface area contributed by atoms with E-state index in [1.807, 2.05) is 0 Å². The molecule has 1 saturated carbocycles. The fourth-order valence-corrected chi connectivity index (χ4v) is 2.43. The third kappa shape index (κ3) is 3.23. The highest BCUT2D eigenvalue weighted by atomic mass is 16.3. The van der Waals surface area contributed by atoms with Gasteiger partial charge in [0.15, 0.2) is 0 Å². The molecule has 1 fully saturated rings. The fourth-order valence-electron chi connectivity index (χ4n) is 2.43. The molecule has 0 spiro atoms. The van der Waals surface area contributed by atoms with Crippen LogP contribution in [0.4, 0.5) is 5.69 Å². The van der Waals surface area contributed by atoms with E-state index in [2.05, 4.69) is 5.32 Å². The molecular formula is C14H20N2O2. The molecule has 2 rings (SSSR count). The second-order valence-electron chi connectivity index (χ2n) is 4.95. The predicted octanol–water partition coefficient (Wildman–Crippen LogP) is 1.55. The maximum absolute atomic E-state index is 11.9. The number of rotatable bonds is 3. The van der Waals surface area contributed by atoms with Crippen molar-refractivity contribution in [3.63, 3.8) is 0 Å². The predicted molar refractivity (Wildman–Crippen MR) is 71.2 cm³/mol. The first-order valence-electron chi connectivity index (χ1n) is 6.48. The number of benzene rings is 1. The van der Waals surface area contributed by atoms with Crippen LogP contribution in [0.5, 0.6) is 0 Å². The summed E-state index contributed by atoms with van der Waals surface area (Å²) in [5.41, 5.74) is 6.79. The van der Waals surface area contributed by atoms with E-state index in [0.717, 1.165) is 25.7 Å². The quantitative estimate of drug-likeness (QED) is 0.710. The lowest BCUT2D eigenvalue weighted by Crippen LogP contribution is -2.36. The number of carbonyl (C=O) groups is 1. The van der Waals surface area contributed by atoms with Crippen molar-refractivity contribution in [2.75, 3.05) is 12.3 Å². The van der Waals surface area contributed by atoms with Crippen LogP contribution < -0.4 is 11.1 Å². The average Bonchev–Trinajstić information content (AvgIpc) is 2.37. The van der Waals surface area contributed by atoms with Crippen LogP contribution in [0.1, 0.15) is 36.0 Å². The van der Waals surface area contributed by atoms with Gasteiger partial charge in [0.2, 0.25) is 0 Å². The van der Waals surface area contributed by atoms with Gasteiger partial charge in [-0.3, -0.25) is 4.79 Å². The van der Waals surface area contributed by atoms with Crippen molar-refractivity contribution in [3.8, 4) is 0 Å². The minimum Gasteiger partial charge on any atom is -0.399 e. The summed E-state index contributed by atoms with van der Waals surface area (Å²) in [6, 6.07) is 6.91. The van der Waals surface area contributed by atoms with Gasteiger partial charge in [-0.1, -0.05) is 18.9 Å². The largest absolute Gasteiger partial charge is 0.399 e. The van der Waals surface area contributed by atoms with Crippen molar-refractivity contribution in [1.29, 1.82) is 0 Å². The normalized spacial score (nSPS) is 23.6. The van der Waals surface area contributed by atoms with Gasteiger partial charge in [-0.15, -0.1) is 0 Å². The van der Waals surface area contributed by atoms with Crippen molar-refractivity contribution in [1.82, 2.24) is 5.32 Å². The maximum Gasteiger partial charge on any atom is 0.251 e. The Balaban J connectivity index is 1.88. The van der Waals surface area contributed by atoms with Gasteiger partial charge in [-0.25, -0.2) is 0 Å². The molecule has 0 radical (unpaired) electrons. The van der Waals surface area contributed by atoms with Gasteiger partial charge < -0.3 is 16.2 Å². The zero-order chi connectivity index (χ0) is 13.0. The van der Waals surface area contributed by atoms with Crippen molar-refractivity contribution in [2.45, 2.75) is 31.8 Å². The van der Waals surface area contributed by atoms with Crippen LogP contribution in [0.3, 0.4) is 0 Å². The van der Waals surface area contributed by atoms with Crippen molar-refractivity contribution < 1.29 is 9.90 Å². The number of hydrogen-bond donors (Lipinski definition) is 3. The van der Waals surface area contributed by atoms with E-state index in [-0.39, 0.29) is 17.9 Å². The first-order valence-corrected chi connectivity index (χ1v) is 6.48. The highest BCUT2D eigenvalue weighted by molar-refractivity contribution is 5.94. The molecule has 4 nitrogen and oxygen atoms in total. The number of nitrogens with two attached hydrogens (primary N) is 1. The number of aliphatic hydroxyl groups excluding tert-OH is 1. The monoisotopic (exact) mass is 248 g/mol. The Labute approximate surface area is 107 Å². The lowest BCUT2D eigenvalue weighted by molar-refractivity contribution is 0.0663. The van der Waals surface area contributed by atoms with Gasteiger partial charge in [-0.05, 0) is 31.0 Å². The van der Waals surface area contributed by atoms with Crippen LogP contribution in [-0.4, -0.2) is 23.7 Å². The van der Waals surface area contributed by atoms with Crippen molar-refractivity contribution in [3.05, 3.63) is 29.8 Å². The molecule has 1 aromatic rings. The van der Waals surface area contributed by atoms with Gasteiger partial charge >= 0.3 is 0 Å².